The molecule has 3 aromatic carbocycles. The van der Waals surface area contributed by atoms with Crippen molar-refractivity contribution in [1.82, 2.24) is 10.4 Å². The van der Waals surface area contributed by atoms with Gasteiger partial charge in [-0.1, -0.05) is 86.8 Å². The number of nitrogens with one attached hydrogen (secondary N) is 2. The molecule has 0 saturated carbocycles. The number of hydrogen-bond acceptors (Lipinski definition) is 7. The molecule has 0 radical (unpaired) electrons. The summed E-state index contributed by atoms with van der Waals surface area (Å²) in [6.45, 7) is 2.95. The average Bonchev–Trinajstić information content (AvgIpc) is 3.01. The number of amides is 2. The molecule has 0 saturated heterocycles. The molecule has 0 aromatic heterocycles. The largest absolute Gasteiger partial charge is 0.493 e. The normalized spacial score (nSPS) is 11.4. The van der Waals surface area contributed by atoms with Crippen LogP contribution in [0.5, 0.6) is 5.75 Å². The molecule has 0 aliphatic carbocycles. The zero-order chi connectivity index (χ0) is 29.2. The van der Waals surface area contributed by atoms with E-state index >= 15 is 0 Å². The molecule has 1 unspecified atom stereocenters. The first-order valence-corrected chi connectivity index (χ1v) is 13.1. The van der Waals surface area contributed by atoms with Crippen molar-refractivity contribution in [3.8, 4) is 5.75 Å². The maximum atomic E-state index is 13.7. The summed E-state index contributed by atoms with van der Waals surface area (Å²) in [6.07, 6.45) is 5.84. The van der Waals surface area contributed by atoms with Gasteiger partial charge in [0.05, 0.1) is 6.61 Å². The fourth-order valence-corrected chi connectivity index (χ4v) is 3.95. The highest BCUT2D eigenvalue weighted by atomic mass is 16.5. The number of hydrogen-bond donors (Lipinski definition) is 5. The smallest absolute Gasteiger partial charge is 0.256 e. The van der Waals surface area contributed by atoms with Gasteiger partial charge in [0, 0.05) is 35.7 Å². The summed E-state index contributed by atoms with van der Waals surface area (Å²) in [7, 11) is 0. The predicted octanol–water partition coefficient (Wildman–Crippen LogP) is 5.05. The lowest BCUT2D eigenvalue weighted by Crippen LogP contribution is -2.34. The Labute approximate surface area is 235 Å². The van der Waals surface area contributed by atoms with Crippen molar-refractivity contribution in [2.24, 2.45) is 5.73 Å². The zero-order valence-electron chi connectivity index (χ0n) is 22.7. The molecule has 9 nitrogen and oxygen atoms in total. The Morgan fingerprint density at radius 1 is 1.00 bits per heavy atom. The van der Waals surface area contributed by atoms with Gasteiger partial charge in [-0.2, -0.15) is 0 Å². The molecule has 0 bridgehead atoms. The number of allylic oxidation sites excluding steroid dienone is 1. The van der Waals surface area contributed by atoms with Gasteiger partial charge >= 0.3 is 0 Å². The van der Waals surface area contributed by atoms with Crippen LogP contribution >= 0.6 is 0 Å². The molecule has 0 spiro atoms. The molecule has 40 heavy (non-hydrogen) atoms. The molecule has 1 atom stereocenters. The lowest BCUT2D eigenvalue weighted by molar-refractivity contribution is -0.116. The predicted molar refractivity (Wildman–Crippen MR) is 156 cm³/mol. The fraction of sp³-hybridized carbons (Fsp3) is 0.258. The Hall–Kier alpha value is -4.47. The van der Waals surface area contributed by atoms with Crippen molar-refractivity contribution in [2.45, 2.75) is 45.4 Å². The molecular formula is C31H38N4O5. The van der Waals surface area contributed by atoms with E-state index in [0.717, 1.165) is 36.8 Å². The summed E-state index contributed by atoms with van der Waals surface area (Å²) < 4.78 is 6.02. The number of carbonyl (C=O) groups is 2. The quantitative estimate of drug-likeness (QED) is 0.0477. The third-order valence-electron chi connectivity index (χ3n) is 6.06. The van der Waals surface area contributed by atoms with E-state index in [1.165, 1.54) is 22.8 Å². The summed E-state index contributed by atoms with van der Waals surface area (Å²) in [6, 6.07) is 23.8. The zero-order valence-corrected chi connectivity index (χ0v) is 22.7. The van der Waals surface area contributed by atoms with E-state index in [0.29, 0.717) is 29.1 Å². The first kappa shape index (κ1) is 31.7. The van der Waals surface area contributed by atoms with Gasteiger partial charge in [0.25, 0.3) is 5.91 Å². The van der Waals surface area contributed by atoms with Gasteiger partial charge in [0.2, 0.25) is 6.41 Å². The SMILES string of the molecule is CCCCCCOc1ccccc1C(O)N(Cc1ccccc1)C(=O)c1ccc(/C(C=N)=C/N)cc1.O=CNO. The fourth-order valence-electron chi connectivity index (χ4n) is 3.95. The third-order valence-corrected chi connectivity index (χ3v) is 6.06. The van der Waals surface area contributed by atoms with Gasteiger partial charge in [0.15, 0.2) is 6.23 Å². The van der Waals surface area contributed by atoms with Gasteiger partial charge in [0.1, 0.15) is 5.75 Å². The molecule has 212 valence electrons. The summed E-state index contributed by atoms with van der Waals surface area (Å²) in [5.74, 6) is 0.259. The molecule has 3 aromatic rings. The van der Waals surface area contributed by atoms with Gasteiger partial charge in [-0.05, 0) is 35.7 Å². The van der Waals surface area contributed by atoms with E-state index in [2.05, 4.69) is 6.92 Å². The Kier molecular flexibility index (Phi) is 14.2. The van der Waals surface area contributed by atoms with Crippen LogP contribution in [0.3, 0.4) is 0 Å². The second-order valence-corrected chi connectivity index (χ2v) is 8.83. The highest BCUT2D eigenvalue weighted by Crippen LogP contribution is 2.30. The number of aliphatic hydroxyl groups is 1. The maximum Gasteiger partial charge on any atom is 0.256 e. The number of hydroxylamine groups is 1. The second-order valence-electron chi connectivity index (χ2n) is 8.83. The Bertz CT molecular complexity index is 1220. The monoisotopic (exact) mass is 546 g/mol. The number of benzene rings is 3. The maximum absolute atomic E-state index is 13.7. The first-order valence-electron chi connectivity index (χ1n) is 13.1. The molecule has 6 N–H and O–H groups in total. The van der Waals surface area contributed by atoms with Gasteiger partial charge < -0.3 is 25.9 Å². The molecule has 0 fully saturated rings. The molecule has 0 heterocycles. The van der Waals surface area contributed by atoms with Gasteiger partial charge in [-0.3, -0.25) is 14.8 Å². The van der Waals surface area contributed by atoms with Crippen molar-refractivity contribution in [3.63, 3.8) is 0 Å². The van der Waals surface area contributed by atoms with E-state index in [1.807, 2.05) is 48.5 Å². The molecule has 2 amide bonds. The highest BCUT2D eigenvalue weighted by Gasteiger charge is 2.27. The number of aliphatic hydroxyl groups excluding tert-OH is 1. The van der Waals surface area contributed by atoms with E-state index in [9.17, 15) is 9.90 Å². The summed E-state index contributed by atoms with van der Waals surface area (Å²) in [5, 5.41) is 26.2. The van der Waals surface area contributed by atoms with Crippen LogP contribution in [0.4, 0.5) is 0 Å². The van der Waals surface area contributed by atoms with Gasteiger partial charge in [-0.15, -0.1) is 0 Å². The molecular weight excluding hydrogens is 508 g/mol. The molecule has 3 rings (SSSR count). The summed E-state index contributed by atoms with van der Waals surface area (Å²) in [4.78, 5) is 23.9. The Morgan fingerprint density at radius 2 is 1.62 bits per heavy atom. The van der Waals surface area contributed by atoms with Crippen molar-refractivity contribution in [1.29, 1.82) is 5.41 Å². The topological polar surface area (TPSA) is 149 Å². The number of nitrogens with two attached hydrogens (primary N) is 1. The van der Waals surface area contributed by atoms with E-state index < -0.39 is 6.23 Å². The first-order chi connectivity index (χ1) is 19.5. The van der Waals surface area contributed by atoms with Crippen LogP contribution in [-0.2, 0) is 11.3 Å². The number of carbonyl (C=O) groups excluding carboxylic acids is 2. The van der Waals surface area contributed by atoms with Crippen LogP contribution < -0.4 is 16.0 Å². The number of para-hydroxylation sites is 1. The lowest BCUT2D eigenvalue weighted by Gasteiger charge is -2.30. The number of rotatable bonds is 14. The molecule has 0 aliphatic heterocycles. The van der Waals surface area contributed by atoms with Crippen molar-refractivity contribution < 1.29 is 24.6 Å². The van der Waals surface area contributed by atoms with Crippen LogP contribution in [0.2, 0.25) is 0 Å². The number of unbranched alkanes of at least 4 members (excludes halogenated alkanes) is 3. The average molecular weight is 547 g/mol. The standard InChI is InChI=1S/C30H35N3O3.CH3NO2/c1-2-3-4-10-19-36-28-14-9-8-13-27(28)30(35)33(22-23-11-6-5-7-12-23)29(34)25-17-15-24(16-18-25)26(20-31)21-32;3-1-2-4/h5-9,11-18,20-21,30-31,35H,2-4,10,19,22,32H2,1H3;1,4H,(H,2,3)/b26-21+,31-20?;. The van der Waals surface area contributed by atoms with Crippen molar-refractivity contribution >= 4 is 24.1 Å². The minimum atomic E-state index is -1.20. The molecule has 0 aliphatic rings. The third kappa shape index (κ3) is 9.68. The van der Waals surface area contributed by atoms with E-state index in [1.54, 1.807) is 30.3 Å². The number of nitrogens with zero attached hydrogens (tertiary/aromatic N) is 1. The lowest BCUT2D eigenvalue weighted by atomic mass is 10.0. The van der Waals surface area contributed by atoms with Crippen LogP contribution in [0.1, 0.15) is 65.9 Å². The minimum absolute atomic E-state index is 0.181. The van der Waals surface area contributed by atoms with Gasteiger partial charge in [-0.25, -0.2) is 5.48 Å². The number of ether oxygens (including phenoxy) is 1. The Morgan fingerprint density at radius 3 is 2.23 bits per heavy atom. The van der Waals surface area contributed by atoms with Crippen LogP contribution in [-0.4, -0.2) is 40.4 Å². The van der Waals surface area contributed by atoms with E-state index in [4.69, 9.17) is 25.9 Å². The minimum Gasteiger partial charge on any atom is -0.493 e. The highest BCUT2D eigenvalue weighted by molar-refractivity contribution is 6.08. The molecule has 9 heteroatoms. The Balaban J connectivity index is 0.00000131. The summed E-state index contributed by atoms with van der Waals surface area (Å²) in [5.41, 5.74) is 10.0. The van der Waals surface area contributed by atoms with Crippen molar-refractivity contribution in [2.75, 3.05) is 6.61 Å². The van der Waals surface area contributed by atoms with Crippen LogP contribution in [0, 0.1) is 5.41 Å². The van der Waals surface area contributed by atoms with Crippen LogP contribution in [0.25, 0.3) is 5.57 Å². The second kappa shape index (κ2) is 17.9. The van der Waals surface area contributed by atoms with Crippen LogP contribution in [0.15, 0.2) is 85.1 Å². The van der Waals surface area contributed by atoms with Crippen molar-refractivity contribution in [3.05, 3.63) is 107 Å². The summed E-state index contributed by atoms with van der Waals surface area (Å²) >= 11 is 0. The van der Waals surface area contributed by atoms with E-state index in [-0.39, 0.29) is 18.9 Å².